The van der Waals surface area contributed by atoms with E-state index in [4.69, 9.17) is 4.74 Å². The summed E-state index contributed by atoms with van der Waals surface area (Å²) in [5.41, 5.74) is 1.66. The third kappa shape index (κ3) is 1.06. The number of ether oxygens (including phenoxy) is 1. The monoisotopic (exact) mass is 227 g/mol. The summed E-state index contributed by atoms with van der Waals surface area (Å²) in [6.07, 6.45) is 1.80. The summed E-state index contributed by atoms with van der Waals surface area (Å²) in [6.45, 7) is 0. The quantitative estimate of drug-likeness (QED) is 0.756. The van der Waals surface area contributed by atoms with E-state index >= 15 is 0 Å². The molecule has 0 aliphatic heterocycles. The summed E-state index contributed by atoms with van der Waals surface area (Å²) >= 11 is 3.19. The molecule has 0 bridgehead atoms. The third-order valence-electron chi connectivity index (χ3n) is 1.54. The van der Waals surface area contributed by atoms with Crippen molar-refractivity contribution in [3.8, 4) is 5.88 Å². The van der Waals surface area contributed by atoms with E-state index in [0.717, 1.165) is 11.0 Å². The van der Waals surface area contributed by atoms with Gasteiger partial charge in [0, 0.05) is 6.20 Å². The molecule has 2 rings (SSSR count). The van der Waals surface area contributed by atoms with Crippen LogP contribution in [0.3, 0.4) is 0 Å². The van der Waals surface area contributed by atoms with Crippen LogP contribution in [0.2, 0.25) is 0 Å². The van der Waals surface area contributed by atoms with Crippen molar-refractivity contribution in [2.24, 2.45) is 0 Å². The average Bonchev–Trinajstić information content (AvgIpc) is 2.50. The molecule has 0 amide bonds. The lowest BCUT2D eigenvalue weighted by Crippen LogP contribution is -1.91. The number of aromatic amines is 1. The Morgan fingerprint density at radius 1 is 1.50 bits per heavy atom. The first kappa shape index (κ1) is 7.54. The molecule has 0 atom stereocenters. The van der Waals surface area contributed by atoms with Crippen molar-refractivity contribution in [3.63, 3.8) is 0 Å². The molecule has 62 valence electrons. The Kier molecular flexibility index (Phi) is 1.73. The van der Waals surface area contributed by atoms with Crippen LogP contribution in [-0.2, 0) is 0 Å². The topological polar surface area (TPSA) is 50.8 Å². The Hall–Kier alpha value is -1.10. The van der Waals surface area contributed by atoms with E-state index in [1.54, 1.807) is 13.3 Å². The van der Waals surface area contributed by atoms with Gasteiger partial charge in [0.1, 0.15) is 5.52 Å². The first-order valence-corrected chi connectivity index (χ1v) is 4.15. The maximum atomic E-state index is 5.05. The molecule has 0 unspecified atom stereocenters. The maximum absolute atomic E-state index is 5.05. The molecule has 0 aliphatic carbocycles. The minimum absolute atomic E-state index is 0.534. The van der Waals surface area contributed by atoms with Gasteiger partial charge in [0.05, 0.1) is 12.6 Å². The molecule has 2 aromatic heterocycles. The summed E-state index contributed by atoms with van der Waals surface area (Å²) in [7, 11) is 1.58. The van der Waals surface area contributed by atoms with Crippen LogP contribution in [0.5, 0.6) is 5.88 Å². The highest BCUT2D eigenvalue weighted by molar-refractivity contribution is 9.10. The second-order valence-corrected chi connectivity index (χ2v) is 2.95. The predicted molar refractivity (Wildman–Crippen MR) is 48.1 cm³/mol. The number of halogens is 1. The van der Waals surface area contributed by atoms with E-state index in [1.807, 2.05) is 6.07 Å². The van der Waals surface area contributed by atoms with E-state index in [1.165, 1.54) is 0 Å². The van der Waals surface area contributed by atoms with Crippen LogP contribution >= 0.6 is 15.9 Å². The van der Waals surface area contributed by atoms with Crippen molar-refractivity contribution in [1.82, 2.24) is 15.0 Å². The highest BCUT2D eigenvalue weighted by atomic mass is 79.9. The van der Waals surface area contributed by atoms with E-state index in [0.29, 0.717) is 10.6 Å². The van der Waals surface area contributed by atoms with Crippen molar-refractivity contribution >= 4 is 27.0 Å². The van der Waals surface area contributed by atoms with Gasteiger partial charge >= 0.3 is 0 Å². The maximum Gasteiger partial charge on any atom is 0.242 e. The molecule has 2 aromatic rings. The number of hydrogen-bond donors (Lipinski definition) is 1. The lowest BCUT2D eigenvalue weighted by atomic mass is 10.4. The smallest absolute Gasteiger partial charge is 0.242 e. The molecular formula is C7H6BrN3O. The standard InChI is InChI=1S/C7H6BrN3O/c1-12-6-5-4(2-3-9-5)10-7(8)11-6/h2-3,9H,1H3. The number of hydrogen-bond acceptors (Lipinski definition) is 3. The Labute approximate surface area is 77.1 Å². The molecule has 0 aromatic carbocycles. The van der Waals surface area contributed by atoms with Gasteiger partial charge in [-0.05, 0) is 22.0 Å². The first-order chi connectivity index (χ1) is 5.81. The molecule has 5 heteroatoms. The molecule has 12 heavy (non-hydrogen) atoms. The second kappa shape index (κ2) is 2.75. The fourth-order valence-electron chi connectivity index (χ4n) is 1.04. The zero-order valence-corrected chi connectivity index (χ0v) is 7.92. The average molecular weight is 228 g/mol. The molecule has 0 fully saturated rings. The highest BCUT2D eigenvalue weighted by Crippen LogP contribution is 2.21. The van der Waals surface area contributed by atoms with Crippen LogP contribution in [0.25, 0.3) is 11.0 Å². The number of nitrogens with zero attached hydrogens (tertiary/aromatic N) is 2. The third-order valence-corrected chi connectivity index (χ3v) is 1.89. The van der Waals surface area contributed by atoms with Crippen molar-refractivity contribution in [3.05, 3.63) is 17.0 Å². The normalized spacial score (nSPS) is 10.5. The fraction of sp³-hybridized carbons (Fsp3) is 0.143. The number of methoxy groups -OCH3 is 1. The van der Waals surface area contributed by atoms with Crippen molar-refractivity contribution in [1.29, 1.82) is 0 Å². The number of fused-ring (bicyclic) bond motifs is 1. The van der Waals surface area contributed by atoms with Crippen molar-refractivity contribution in [2.45, 2.75) is 0 Å². The summed E-state index contributed by atoms with van der Waals surface area (Å²) < 4.78 is 5.59. The second-order valence-electron chi connectivity index (χ2n) is 2.24. The van der Waals surface area contributed by atoms with Gasteiger partial charge in [0.25, 0.3) is 0 Å². The summed E-state index contributed by atoms with van der Waals surface area (Å²) in [5.74, 6) is 0.553. The van der Waals surface area contributed by atoms with Gasteiger partial charge in [-0.15, -0.1) is 0 Å². The highest BCUT2D eigenvalue weighted by Gasteiger charge is 2.06. The lowest BCUT2D eigenvalue weighted by molar-refractivity contribution is 0.401. The molecule has 4 nitrogen and oxygen atoms in total. The Balaban J connectivity index is 2.80. The Morgan fingerprint density at radius 3 is 3.08 bits per heavy atom. The largest absolute Gasteiger partial charge is 0.479 e. The van der Waals surface area contributed by atoms with Crippen LogP contribution < -0.4 is 4.74 Å². The van der Waals surface area contributed by atoms with Gasteiger partial charge in [0.15, 0.2) is 0 Å². The predicted octanol–water partition coefficient (Wildman–Crippen LogP) is 1.73. The van der Waals surface area contributed by atoms with Gasteiger partial charge in [-0.1, -0.05) is 0 Å². The van der Waals surface area contributed by atoms with Crippen LogP contribution in [0.1, 0.15) is 0 Å². The fourth-order valence-corrected chi connectivity index (χ4v) is 1.39. The SMILES string of the molecule is COc1nc(Br)nc2cc[nH]c12. The van der Waals surface area contributed by atoms with Crippen LogP contribution in [0.4, 0.5) is 0 Å². The van der Waals surface area contributed by atoms with E-state index < -0.39 is 0 Å². The van der Waals surface area contributed by atoms with Gasteiger partial charge in [0.2, 0.25) is 10.6 Å². The first-order valence-electron chi connectivity index (χ1n) is 3.36. The molecule has 0 spiro atoms. The van der Waals surface area contributed by atoms with Gasteiger partial charge in [-0.25, -0.2) is 4.98 Å². The number of nitrogens with one attached hydrogen (secondary N) is 1. The molecule has 1 N–H and O–H groups in total. The molecule has 0 saturated carbocycles. The minimum atomic E-state index is 0.534. The van der Waals surface area contributed by atoms with Crippen LogP contribution in [0, 0.1) is 0 Å². The van der Waals surface area contributed by atoms with E-state index in [9.17, 15) is 0 Å². The Bertz CT molecular complexity index is 412. The number of H-pyrrole nitrogens is 1. The van der Waals surface area contributed by atoms with Crippen molar-refractivity contribution < 1.29 is 4.74 Å². The van der Waals surface area contributed by atoms with Crippen molar-refractivity contribution in [2.75, 3.05) is 7.11 Å². The van der Waals surface area contributed by atoms with Crippen LogP contribution in [-0.4, -0.2) is 22.1 Å². The van der Waals surface area contributed by atoms with E-state index in [2.05, 4.69) is 30.9 Å². The van der Waals surface area contributed by atoms with Gasteiger partial charge in [-0.2, -0.15) is 4.98 Å². The zero-order chi connectivity index (χ0) is 8.55. The molecule has 0 radical (unpaired) electrons. The zero-order valence-electron chi connectivity index (χ0n) is 6.34. The Morgan fingerprint density at radius 2 is 2.33 bits per heavy atom. The lowest BCUT2D eigenvalue weighted by Gasteiger charge is -1.99. The van der Waals surface area contributed by atoms with Gasteiger partial charge in [-0.3, -0.25) is 0 Å². The summed E-state index contributed by atoms with van der Waals surface area (Å²) in [6, 6.07) is 1.87. The molecular weight excluding hydrogens is 222 g/mol. The van der Waals surface area contributed by atoms with Gasteiger partial charge < -0.3 is 9.72 Å². The number of aromatic nitrogens is 3. The van der Waals surface area contributed by atoms with E-state index in [-0.39, 0.29) is 0 Å². The van der Waals surface area contributed by atoms with Crippen LogP contribution in [0.15, 0.2) is 17.0 Å². The molecule has 2 heterocycles. The minimum Gasteiger partial charge on any atom is -0.479 e. The molecule has 0 saturated heterocycles. The summed E-state index contributed by atoms with van der Waals surface area (Å²) in [5, 5.41) is 0. The molecule has 0 aliphatic rings. The number of rotatable bonds is 1. The summed E-state index contributed by atoms with van der Waals surface area (Å²) in [4.78, 5) is 11.2.